The molecule has 1 aromatic carbocycles. The van der Waals surface area contributed by atoms with Gasteiger partial charge in [0, 0.05) is 6.54 Å². The number of hydrogen-bond donors (Lipinski definition) is 1. The van der Waals surface area contributed by atoms with Crippen LogP contribution in [0.3, 0.4) is 0 Å². The van der Waals surface area contributed by atoms with Gasteiger partial charge in [-0.15, -0.1) is 0 Å². The SMILES string of the molecule is CC.O=C[C@H]1Cc2ccccc2CN1. The first-order valence-electron chi connectivity index (χ1n) is 5.15. The predicted molar refractivity (Wildman–Crippen MR) is 58.2 cm³/mol. The second-order valence-electron chi connectivity index (χ2n) is 3.10. The van der Waals surface area contributed by atoms with Crippen LogP contribution in [-0.4, -0.2) is 12.3 Å². The molecule has 0 aliphatic carbocycles. The van der Waals surface area contributed by atoms with Crippen LogP contribution in [0.4, 0.5) is 0 Å². The highest BCUT2D eigenvalue weighted by Gasteiger charge is 2.15. The van der Waals surface area contributed by atoms with Crippen LogP contribution in [0.1, 0.15) is 25.0 Å². The minimum Gasteiger partial charge on any atom is -0.303 e. The molecule has 2 nitrogen and oxygen atoms in total. The van der Waals surface area contributed by atoms with E-state index in [1.54, 1.807) is 0 Å². The van der Waals surface area contributed by atoms with E-state index < -0.39 is 0 Å². The van der Waals surface area contributed by atoms with Gasteiger partial charge >= 0.3 is 0 Å². The summed E-state index contributed by atoms with van der Waals surface area (Å²) in [6.45, 7) is 4.82. The summed E-state index contributed by atoms with van der Waals surface area (Å²) in [5.74, 6) is 0. The van der Waals surface area contributed by atoms with Crippen LogP contribution in [0, 0.1) is 0 Å². The van der Waals surface area contributed by atoms with Crippen molar-refractivity contribution in [3.05, 3.63) is 35.4 Å². The average Bonchev–Trinajstić information content (AvgIpc) is 2.31. The number of benzene rings is 1. The summed E-state index contributed by atoms with van der Waals surface area (Å²) in [7, 11) is 0. The fourth-order valence-corrected chi connectivity index (χ4v) is 1.58. The van der Waals surface area contributed by atoms with Gasteiger partial charge in [-0.05, 0) is 17.5 Å². The van der Waals surface area contributed by atoms with E-state index in [-0.39, 0.29) is 6.04 Å². The van der Waals surface area contributed by atoms with Crippen molar-refractivity contribution in [3.8, 4) is 0 Å². The number of nitrogens with one attached hydrogen (secondary N) is 1. The van der Waals surface area contributed by atoms with Crippen molar-refractivity contribution in [2.45, 2.75) is 32.9 Å². The second-order valence-corrected chi connectivity index (χ2v) is 3.10. The Morgan fingerprint density at radius 1 is 1.29 bits per heavy atom. The highest BCUT2D eigenvalue weighted by atomic mass is 16.1. The number of carbonyl (C=O) groups is 1. The minimum absolute atomic E-state index is 0.0138. The fraction of sp³-hybridized carbons (Fsp3) is 0.417. The third-order valence-electron chi connectivity index (χ3n) is 2.28. The molecule has 2 heteroatoms. The van der Waals surface area contributed by atoms with E-state index in [1.165, 1.54) is 11.1 Å². The van der Waals surface area contributed by atoms with E-state index in [0.717, 1.165) is 19.3 Å². The highest BCUT2D eigenvalue weighted by Crippen LogP contribution is 2.14. The molecule has 0 unspecified atom stereocenters. The Labute approximate surface area is 85.3 Å². The summed E-state index contributed by atoms with van der Waals surface area (Å²) >= 11 is 0. The molecule has 0 radical (unpaired) electrons. The maximum absolute atomic E-state index is 10.5. The van der Waals surface area contributed by atoms with Crippen LogP contribution in [0.25, 0.3) is 0 Å². The van der Waals surface area contributed by atoms with Gasteiger partial charge in [-0.25, -0.2) is 0 Å². The molecule has 0 fully saturated rings. The first kappa shape index (κ1) is 10.9. The normalized spacial score (nSPS) is 18.9. The van der Waals surface area contributed by atoms with Crippen LogP contribution < -0.4 is 5.32 Å². The van der Waals surface area contributed by atoms with Gasteiger partial charge in [0.2, 0.25) is 0 Å². The molecular formula is C12H17NO. The van der Waals surface area contributed by atoms with Crippen molar-refractivity contribution in [3.63, 3.8) is 0 Å². The number of aldehydes is 1. The molecule has 1 aromatic rings. The van der Waals surface area contributed by atoms with Crippen LogP contribution in [0.5, 0.6) is 0 Å². The Hall–Kier alpha value is -1.15. The molecule has 0 saturated heterocycles. The van der Waals surface area contributed by atoms with Gasteiger partial charge in [0.1, 0.15) is 6.29 Å². The van der Waals surface area contributed by atoms with Gasteiger partial charge in [0.25, 0.3) is 0 Å². The highest BCUT2D eigenvalue weighted by molar-refractivity contribution is 5.59. The number of fused-ring (bicyclic) bond motifs is 1. The van der Waals surface area contributed by atoms with Crippen molar-refractivity contribution >= 4 is 6.29 Å². The zero-order valence-electron chi connectivity index (χ0n) is 8.79. The van der Waals surface area contributed by atoms with Crippen LogP contribution in [0.2, 0.25) is 0 Å². The monoisotopic (exact) mass is 191 g/mol. The largest absolute Gasteiger partial charge is 0.303 e. The molecule has 1 heterocycles. The van der Waals surface area contributed by atoms with E-state index in [1.807, 2.05) is 26.0 Å². The predicted octanol–water partition coefficient (Wildman–Crippen LogP) is 1.93. The standard InChI is InChI=1S/C10H11NO.C2H6/c12-7-10-5-8-3-1-2-4-9(8)6-11-10;1-2/h1-4,7,10-11H,5-6H2;1-2H3/t10-;/m1./s1. The quantitative estimate of drug-likeness (QED) is 0.687. The molecule has 0 aromatic heterocycles. The van der Waals surface area contributed by atoms with E-state index in [4.69, 9.17) is 0 Å². The van der Waals surface area contributed by atoms with Gasteiger partial charge in [0.05, 0.1) is 6.04 Å². The Kier molecular flexibility index (Phi) is 4.33. The topological polar surface area (TPSA) is 29.1 Å². The molecule has 1 aliphatic rings. The van der Waals surface area contributed by atoms with E-state index in [9.17, 15) is 4.79 Å². The Bertz CT molecular complexity index is 296. The number of carbonyl (C=O) groups excluding carboxylic acids is 1. The Balaban J connectivity index is 0.000000461. The van der Waals surface area contributed by atoms with E-state index >= 15 is 0 Å². The van der Waals surface area contributed by atoms with Gasteiger partial charge in [-0.2, -0.15) is 0 Å². The van der Waals surface area contributed by atoms with Crippen molar-refractivity contribution < 1.29 is 4.79 Å². The van der Waals surface area contributed by atoms with Gasteiger partial charge < -0.3 is 10.1 Å². The molecular weight excluding hydrogens is 174 g/mol. The molecule has 76 valence electrons. The van der Waals surface area contributed by atoms with Crippen LogP contribution in [0.15, 0.2) is 24.3 Å². The smallest absolute Gasteiger partial charge is 0.137 e. The van der Waals surface area contributed by atoms with Crippen molar-refractivity contribution in [1.29, 1.82) is 0 Å². The summed E-state index contributed by atoms with van der Waals surface area (Å²) in [4.78, 5) is 10.5. The van der Waals surface area contributed by atoms with E-state index in [0.29, 0.717) is 0 Å². The number of hydrogen-bond acceptors (Lipinski definition) is 2. The third-order valence-corrected chi connectivity index (χ3v) is 2.28. The first-order chi connectivity index (χ1) is 6.90. The summed E-state index contributed by atoms with van der Waals surface area (Å²) in [6, 6.07) is 8.25. The second kappa shape index (κ2) is 5.55. The average molecular weight is 191 g/mol. The van der Waals surface area contributed by atoms with Crippen molar-refractivity contribution in [2.75, 3.05) is 0 Å². The molecule has 2 rings (SSSR count). The lowest BCUT2D eigenvalue weighted by molar-refractivity contribution is -0.109. The Morgan fingerprint density at radius 2 is 1.93 bits per heavy atom. The van der Waals surface area contributed by atoms with Crippen LogP contribution >= 0.6 is 0 Å². The lowest BCUT2D eigenvalue weighted by Crippen LogP contribution is -2.36. The summed E-state index contributed by atoms with van der Waals surface area (Å²) in [5, 5.41) is 3.16. The molecule has 0 bridgehead atoms. The molecule has 0 amide bonds. The van der Waals surface area contributed by atoms with Gasteiger partial charge in [-0.3, -0.25) is 0 Å². The lowest BCUT2D eigenvalue weighted by Gasteiger charge is -2.21. The van der Waals surface area contributed by atoms with Crippen molar-refractivity contribution in [1.82, 2.24) is 5.32 Å². The summed E-state index contributed by atoms with van der Waals surface area (Å²) in [5.41, 5.74) is 2.61. The molecule has 1 aliphatic heterocycles. The molecule has 0 spiro atoms. The van der Waals surface area contributed by atoms with Gasteiger partial charge in [0.15, 0.2) is 0 Å². The maximum Gasteiger partial charge on any atom is 0.137 e. The minimum atomic E-state index is 0.0138. The first-order valence-corrected chi connectivity index (χ1v) is 5.15. The summed E-state index contributed by atoms with van der Waals surface area (Å²) in [6.07, 6.45) is 1.82. The molecule has 1 N–H and O–H groups in total. The third kappa shape index (κ3) is 2.42. The fourth-order valence-electron chi connectivity index (χ4n) is 1.58. The zero-order valence-corrected chi connectivity index (χ0v) is 8.79. The molecule has 0 saturated carbocycles. The van der Waals surface area contributed by atoms with Crippen LogP contribution in [-0.2, 0) is 17.8 Å². The Morgan fingerprint density at radius 3 is 2.57 bits per heavy atom. The summed E-state index contributed by atoms with van der Waals surface area (Å²) < 4.78 is 0. The lowest BCUT2D eigenvalue weighted by atomic mass is 9.97. The molecule has 14 heavy (non-hydrogen) atoms. The van der Waals surface area contributed by atoms with Gasteiger partial charge in [-0.1, -0.05) is 38.1 Å². The number of rotatable bonds is 1. The van der Waals surface area contributed by atoms with Crippen molar-refractivity contribution in [2.24, 2.45) is 0 Å². The molecule has 1 atom stereocenters. The van der Waals surface area contributed by atoms with E-state index in [2.05, 4.69) is 17.4 Å². The zero-order chi connectivity index (χ0) is 10.4. The maximum atomic E-state index is 10.5.